The molecular formula is C17H21F3N2O2. The van der Waals surface area contributed by atoms with Gasteiger partial charge in [-0.05, 0) is 43.9 Å². The lowest BCUT2D eigenvalue weighted by Gasteiger charge is -2.13. The van der Waals surface area contributed by atoms with E-state index in [0.717, 1.165) is 35.9 Å². The number of aromatic nitrogens is 2. The number of fused-ring (bicyclic) bond motifs is 1. The summed E-state index contributed by atoms with van der Waals surface area (Å²) in [5, 5.41) is 0. The van der Waals surface area contributed by atoms with Crippen molar-refractivity contribution >= 4 is 11.0 Å². The minimum Gasteiger partial charge on any atom is -0.378 e. The zero-order valence-corrected chi connectivity index (χ0v) is 13.5. The van der Waals surface area contributed by atoms with Gasteiger partial charge in [0.05, 0.1) is 29.8 Å². The lowest BCUT2D eigenvalue weighted by molar-refractivity contribution is -0.183. The standard InChI is InChI=1S/C17H21F3N2O2/c1-11(24-10-17(18,19)20)8-16-21-14-5-2-12(9-15(14)22-16)6-7-23-13-3-4-13/h2,5,9,11,13H,3-4,6-8,10H2,1H3,(H,21,22)/t11-/m1/s1. The van der Waals surface area contributed by atoms with Crippen molar-refractivity contribution in [3.63, 3.8) is 0 Å². The number of rotatable bonds is 8. The monoisotopic (exact) mass is 342 g/mol. The molecule has 1 N–H and O–H groups in total. The maximum absolute atomic E-state index is 12.2. The Morgan fingerprint density at radius 1 is 1.33 bits per heavy atom. The van der Waals surface area contributed by atoms with E-state index in [9.17, 15) is 13.2 Å². The van der Waals surface area contributed by atoms with Crippen molar-refractivity contribution in [1.82, 2.24) is 9.97 Å². The number of imidazole rings is 1. The van der Waals surface area contributed by atoms with Gasteiger partial charge in [-0.25, -0.2) is 4.98 Å². The van der Waals surface area contributed by atoms with E-state index in [1.165, 1.54) is 0 Å². The Kier molecular flexibility index (Phi) is 5.10. The molecule has 1 fully saturated rings. The molecule has 0 spiro atoms. The van der Waals surface area contributed by atoms with Crippen molar-refractivity contribution in [2.24, 2.45) is 0 Å². The number of aromatic amines is 1. The second-order valence-electron chi connectivity index (χ2n) is 6.30. The van der Waals surface area contributed by atoms with Gasteiger partial charge in [0.1, 0.15) is 12.4 Å². The molecule has 1 saturated carbocycles. The van der Waals surface area contributed by atoms with Crippen LogP contribution in [0.25, 0.3) is 11.0 Å². The Balaban J connectivity index is 1.56. The van der Waals surface area contributed by atoms with Crippen LogP contribution in [0.4, 0.5) is 13.2 Å². The quantitative estimate of drug-likeness (QED) is 0.794. The molecule has 1 atom stereocenters. The lowest BCUT2D eigenvalue weighted by atomic mass is 10.1. The van der Waals surface area contributed by atoms with Gasteiger partial charge in [0, 0.05) is 6.42 Å². The molecule has 4 nitrogen and oxygen atoms in total. The molecule has 1 aliphatic carbocycles. The Morgan fingerprint density at radius 3 is 2.83 bits per heavy atom. The van der Waals surface area contributed by atoms with Crippen LogP contribution in [-0.2, 0) is 22.3 Å². The van der Waals surface area contributed by atoms with E-state index < -0.39 is 18.9 Å². The van der Waals surface area contributed by atoms with Crippen molar-refractivity contribution in [1.29, 1.82) is 0 Å². The summed E-state index contributed by atoms with van der Waals surface area (Å²) in [4.78, 5) is 7.57. The van der Waals surface area contributed by atoms with E-state index >= 15 is 0 Å². The first-order valence-corrected chi connectivity index (χ1v) is 8.16. The van der Waals surface area contributed by atoms with Crippen LogP contribution in [0.5, 0.6) is 0 Å². The molecule has 132 valence electrons. The van der Waals surface area contributed by atoms with E-state index in [4.69, 9.17) is 9.47 Å². The SMILES string of the molecule is C[C@H](Cc1nc2ccc(CCOC3CC3)cc2[nH]1)OCC(F)(F)F. The molecule has 1 aromatic heterocycles. The number of halogens is 3. The average Bonchev–Trinajstić information content (AvgIpc) is 3.23. The van der Waals surface area contributed by atoms with Gasteiger partial charge >= 0.3 is 6.18 Å². The smallest absolute Gasteiger partial charge is 0.378 e. The van der Waals surface area contributed by atoms with Crippen LogP contribution in [0.2, 0.25) is 0 Å². The van der Waals surface area contributed by atoms with Crippen molar-refractivity contribution in [3.05, 3.63) is 29.6 Å². The summed E-state index contributed by atoms with van der Waals surface area (Å²) >= 11 is 0. The molecule has 1 aliphatic rings. The largest absolute Gasteiger partial charge is 0.411 e. The predicted molar refractivity (Wildman–Crippen MR) is 83.9 cm³/mol. The molecule has 3 rings (SSSR count). The number of ether oxygens (including phenoxy) is 2. The van der Waals surface area contributed by atoms with E-state index in [1.807, 2.05) is 18.2 Å². The molecule has 0 saturated heterocycles. The van der Waals surface area contributed by atoms with Crippen LogP contribution in [0.3, 0.4) is 0 Å². The van der Waals surface area contributed by atoms with E-state index in [0.29, 0.717) is 25.0 Å². The maximum Gasteiger partial charge on any atom is 0.411 e. The molecule has 0 bridgehead atoms. The number of H-pyrrole nitrogens is 1. The summed E-state index contributed by atoms with van der Waals surface area (Å²) in [6, 6.07) is 5.94. The first-order valence-electron chi connectivity index (χ1n) is 8.16. The number of hydrogen-bond acceptors (Lipinski definition) is 3. The van der Waals surface area contributed by atoms with Crippen LogP contribution in [0, 0.1) is 0 Å². The van der Waals surface area contributed by atoms with Crippen LogP contribution < -0.4 is 0 Å². The molecule has 0 unspecified atom stereocenters. The van der Waals surface area contributed by atoms with Crippen LogP contribution >= 0.6 is 0 Å². The highest BCUT2D eigenvalue weighted by Crippen LogP contribution is 2.24. The Labute approximate surface area is 138 Å². The van der Waals surface area contributed by atoms with Gasteiger partial charge < -0.3 is 14.5 Å². The summed E-state index contributed by atoms with van der Waals surface area (Å²) in [5.41, 5.74) is 2.84. The minimum absolute atomic E-state index is 0.310. The number of benzene rings is 1. The van der Waals surface area contributed by atoms with Gasteiger partial charge in [-0.3, -0.25) is 0 Å². The van der Waals surface area contributed by atoms with Gasteiger partial charge in [-0.1, -0.05) is 6.07 Å². The third kappa shape index (κ3) is 5.21. The minimum atomic E-state index is -4.31. The summed E-state index contributed by atoms with van der Waals surface area (Å²) in [6.45, 7) is 1.08. The van der Waals surface area contributed by atoms with Crippen molar-refractivity contribution in [2.75, 3.05) is 13.2 Å². The van der Waals surface area contributed by atoms with E-state index in [-0.39, 0.29) is 0 Å². The molecule has 24 heavy (non-hydrogen) atoms. The first-order chi connectivity index (χ1) is 11.4. The highest BCUT2D eigenvalue weighted by Gasteiger charge is 2.28. The molecular weight excluding hydrogens is 321 g/mol. The highest BCUT2D eigenvalue weighted by atomic mass is 19.4. The topological polar surface area (TPSA) is 47.1 Å². The van der Waals surface area contributed by atoms with Crippen LogP contribution in [0.15, 0.2) is 18.2 Å². The van der Waals surface area contributed by atoms with Crippen LogP contribution in [-0.4, -0.2) is 41.6 Å². The molecule has 1 heterocycles. The number of hydrogen-bond donors (Lipinski definition) is 1. The molecule has 2 aromatic rings. The Hall–Kier alpha value is -1.60. The highest BCUT2D eigenvalue weighted by molar-refractivity contribution is 5.75. The third-order valence-electron chi connectivity index (χ3n) is 3.88. The second kappa shape index (κ2) is 7.11. The van der Waals surface area contributed by atoms with Crippen molar-refractivity contribution in [2.45, 2.75) is 51.0 Å². The third-order valence-corrected chi connectivity index (χ3v) is 3.88. The molecule has 0 aliphatic heterocycles. The molecule has 0 amide bonds. The fourth-order valence-electron chi connectivity index (χ4n) is 2.51. The fraction of sp³-hybridized carbons (Fsp3) is 0.588. The van der Waals surface area contributed by atoms with Crippen LogP contribution in [0.1, 0.15) is 31.2 Å². The molecule has 0 radical (unpaired) electrons. The first kappa shape index (κ1) is 17.2. The van der Waals surface area contributed by atoms with Gasteiger partial charge in [0.2, 0.25) is 0 Å². The zero-order chi connectivity index (χ0) is 17.2. The average molecular weight is 342 g/mol. The van der Waals surface area contributed by atoms with Gasteiger partial charge in [-0.15, -0.1) is 0 Å². The molecule has 7 heteroatoms. The second-order valence-corrected chi connectivity index (χ2v) is 6.30. The molecule has 1 aromatic carbocycles. The van der Waals surface area contributed by atoms with Crippen molar-refractivity contribution < 1.29 is 22.6 Å². The maximum atomic E-state index is 12.2. The number of nitrogens with zero attached hydrogens (tertiary/aromatic N) is 1. The summed E-state index contributed by atoms with van der Waals surface area (Å²) in [5.74, 6) is 0.631. The number of alkyl halides is 3. The zero-order valence-electron chi connectivity index (χ0n) is 13.5. The summed E-state index contributed by atoms with van der Waals surface area (Å²) in [6.07, 6.45) is -0.935. The summed E-state index contributed by atoms with van der Waals surface area (Å²) in [7, 11) is 0. The van der Waals surface area contributed by atoms with Crippen molar-refractivity contribution in [3.8, 4) is 0 Å². The Bertz CT molecular complexity index is 680. The lowest BCUT2D eigenvalue weighted by Crippen LogP contribution is -2.23. The van der Waals surface area contributed by atoms with E-state index in [1.54, 1.807) is 6.92 Å². The summed E-state index contributed by atoms with van der Waals surface area (Å²) < 4.78 is 46.9. The van der Waals surface area contributed by atoms with E-state index in [2.05, 4.69) is 9.97 Å². The van der Waals surface area contributed by atoms with Gasteiger partial charge in [-0.2, -0.15) is 13.2 Å². The normalized spacial score (nSPS) is 16.7. The van der Waals surface area contributed by atoms with Gasteiger partial charge in [0.25, 0.3) is 0 Å². The number of nitrogens with one attached hydrogen (secondary N) is 1. The predicted octanol–water partition coefficient (Wildman–Crippen LogP) is 3.79. The Morgan fingerprint density at radius 2 is 2.12 bits per heavy atom. The fourth-order valence-corrected chi connectivity index (χ4v) is 2.51. The van der Waals surface area contributed by atoms with Gasteiger partial charge in [0.15, 0.2) is 0 Å².